The van der Waals surface area contributed by atoms with Crippen molar-refractivity contribution < 1.29 is 4.79 Å². The first-order valence-electron chi connectivity index (χ1n) is 7.25. The number of carbonyl (C=O) groups is 1. The van der Waals surface area contributed by atoms with E-state index in [1.165, 1.54) is 5.56 Å². The summed E-state index contributed by atoms with van der Waals surface area (Å²) >= 11 is 0. The fraction of sp³-hybridized carbons (Fsp3) is 0.278. The molecule has 0 unspecified atom stereocenters. The van der Waals surface area contributed by atoms with Gasteiger partial charge in [-0.25, -0.2) is 0 Å². The fourth-order valence-electron chi connectivity index (χ4n) is 2.26. The van der Waals surface area contributed by atoms with E-state index in [9.17, 15) is 4.79 Å². The van der Waals surface area contributed by atoms with Gasteiger partial charge in [0.15, 0.2) is 0 Å². The van der Waals surface area contributed by atoms with Gasteiger partial charge in [0.2, 0.25) is 5.91 Å². The number of hydrogen-bond donors (Lipinski definition) is 2. The first-order chi connectivity index (χ1) is 10.1. The van der Waals surface area contributed by atoms with Crippen molar-refractivity contribution in [2.24, 2.45) is 0 Å². The normalized spacial score (nSPS) is 12.2. The topological polar surface area (TPSA) is 41.1 Å². The van der Waals surface area contributed by atoms with Crippen molar-refractivity contribution in [2.45, 2.75) is 25.8 Å². The van der Waals surface area contributed by atoms with Crippen LogP contribution >= 0.6 is 0 Å². The number of benzene rings is 2. The van der Waals surface area contributed by atoms with Crippen LogP contribution in [0.25, 0.3) is 0 Å². The van der Waals surface area contributed by atoms with Crippen molar-refractivity contribution in [2.75, 3.05) is 12.4 Å². The largest absolute Gasteiger partial charge is 0.324 e. The maximum absolute atomic E-state index is 12.4. The zero-order chi connectivity index (χ0) is 15.2. The molecule has 110 valence electrons. The monoisotopic (exact) mass is 282 g/mol. The number of likely N-dealkylation sites (N-methyl/N-ethyl adjacent to an activating group) is 1. The molecule has 0 saturated heterocycles. The standard InChI is InChI=1S/C18H22N2O/c1-13(2)14-9-11-16(12-10-14)20-18(21)17(19-3)15-7-5-4-6-8-15/h4-13,17,19H,1-3H3,(H,20,21)/t17-/m0/s1. The third-order valence-corrected chi connectivity index (χ3v) is 3.53. The average molecular weight is 282 g/mol. The van der Waals surface area contributed by atoms with Crippen molar-refractivity contribution in [1.82, 2.24) is 5.32 Å². The lowest BCUT2D eigenvalue weighted by atomic mass is 10.0. The van der Waals surface area contributed by atoms with Gasteiger partial charge in [0, 0.05) is 5.69 Å². The first kappa shape index (κ1) is 15.3. The van der Waals surface area contributed by atoms with Crippen molar-refractivity contribution in [3.05, 3.63) is 65.7 Å². The highest BCUT2D eigenvalue weighted by Crippen LogP contribution is 2.19. The summed E-state index contributed by atoms with van der Waals surface area (Å²) in [6.45, 7) is 4.31. The van der Waals surface area contributed by atoms with E-state index in [1.54, 1.807) is 7.05 Å². The summed E-state index contributed by atoms with van der Waals surface area (Å²) in [4.78, 5) is 12.4. The second-order valence-corrected chi connectivity index (χ2v) is 5.40. The average Bonchev–Trinajstić information content (AvgIpc) is 2.49. The Morgan fingerprint density at radius 3 is 2.05 bits per heavy atom. The number of anilines is 1. The van der Waals surface area contributed by atoms with Crippen LogP contribution in [0.4, 0.5) is 5.69 Å². The minimum absolute atomic E-state index is 0.0546. The summed E-state index contributed by atoms with van der Waals surface area (Å²) in [7, 11) is 1.79. The minimum Gasteiger partial charge on any atom is -0.324 e. The van der Waals surface area contributed by atoms with Gasteiger partial charge in [-0.05, 0) is 36.2 Å². The molecule has 0 saturated carbocycles. The summed E-state index contributed by atoms with van der Waals surface area (Å²) in [6, 6.07) is 17.4. The molecule has 21 heavy (non-hydrogen) atoms. The minimum atomic E-state index is -0.351. The van der Waals surface area contributed by atoms with Crippen LogP contribution in [0.3, 0.4) is 0 Å². The molecule has 3 nitrogen and oxygen atoms in total. The molecular formula is C18H22N2O. The number of rotatable bonds is 5. The molecule has 2 aromatic rings. The Labute approximate surface area is 126 Å². The van der Waals surface area contributed by atoms with Crippen LogP contribution in [-0.4, -0.2) is 13.0 Å². The van der Waals surface area contributed by atoms with E-state index in [2.05, 4.69) is 36.6 Å². The summed E-state index contributed by atoms with van der Waals surface area (Å²) in [5.41, 5.74) is 3.04. The molecule has 0 fully saturated rings. The molecule has 0 aliphatic heterocycles. The predicted octanol–water partition coefficient (Wildman–Crippen LogP) is 3.71. The van der Waals surface area contributed by atoms with E-state index < -0.39 is 0 Å². The van der Waals surface area contributed by atoms with Crippen LogP contribution < -0.4 is 10.6 Å². The Balaban J connectivity index is 2.09. The molecule has 1 amide bonds. The van der Waals surface area contributed by atoms with Gasteiger partial charge in [-0.2, -0.15) is 0 Å². The molecule has 2 N–H and O–H groups in total. The molecule has 2 aromatic carbocycles. The highest BCUT2D eigenvalue weighted by molar-refractivity contribution is 5.95. The number of hydrogen-bond acceptors (Lipinski definition) is 2. The molecule has 0 heterocycles. The van der Waals surface area contributed by atoms with Gasteiger partial charge in [-0.3, -0.25) is 4.79 Å². The molecule has 3 heteroatoms. The van der Waals surface area contributed by atoms with E-state index in [0.29, 0.717) is 5.92 Å². The lowest BCUT2D eigenvalue weighted by molar-refractivity contribution is -0.118. The lowest BCUT2D eigenvalue weighted by Crippen LogP contribution is -2.30. The van der Waals surface area contributed by atoms with Crippen molar-refractivity contribution in [3.8, 4) is 0 Å². The Hall–Kier alpha value is -2.13. The molecule has 0 bridgehead atoms. The second kappa shape index (κ2) is 7.04. The molecule has 0 radical (unpaired) electrons. The summed E-state index contributed by atoms with van der Waals surface area (Å²) in [5, 5.41) is 6.01. The maximum atomic E-state index is 12.4. The number of nitrogens with one attached hydrogen (secondary N) is 2. The van der Waals surface area contributed by atoms with E-state index in [4.69, 9.17) is 0 Å². The quantitative estimate of drug-likeness (QED) is 0.877. The predicted molar refractivity (Wildman–Crippen MR) is 87.4 cm³/mol. The van der Waals surface area contributed by atoms with Crippen LogP contribution in [0.2, 0.25) is 0 Å². The lowest BCUT2D eigenvalue weighted by Gasteiger charge is -2.16. The van der Waals surface area contributed by atoms with E-state index >= 15 is 0 Å². The molecule has 0 spiro atoms. The Morgan fingerprint density at radius 2 is 1.52 bits per heavy atom. The van der Waals surface area contributed by atoms with E-state index in [1.807, 2.05) is 42.5 Å². The zero-order valence-electron chi connectivity index (χ0n) is 12.8. The SMILES string of the molecule is CN[C@H](C(=O)Nc1ccc(C(C)C)cc1)c1ccccc1. The second-order valence-electron chi connectivity index (χ2n) is 5.40. The highest BCUT2D eigenvalue weighted by Gasteiger charge is 2.18. The van der Waals surface area contributed by atoms with Gasteiger partial charge in [0.25, 0.3) is 0 Å². The smallest absolute Gasteiger partial charge is 0.246 e. The summed E-state index contributed by atoms with van der Waals surface area (Å²) in [5.74, 6) is 0.435. The van der Waals surface area contributed by atoms with Gasteiger partial charge >= 0.3 is 0 Å². The van der Waals surface area contributed by atoms with Crippen molar-refractivity contribution in [3.63, 3.8) is 0 Å². The van der Waals surface area contributed by atoms with Gasteiger partial charge in [-0.1, -0.05) is 56.3 Å². The molecule has 0 aliphatic rings. The number of amides is 1. The van der Waals surface area contributed by atoms with Gasteiger partial charge < -0.3 is 10.6 Å². The van der Waals surface area contributed by atoms with Crippen LogP contribution in [0, 0.1) is 0 Å². The third kappa shape index (κ3) is 3.92. The molecule has 1 atom stereocenters. The Bertz CT molecular complexity index is 576. The molecular weight excluding hydrogens is 260 g/mol. The molecule has 2 rings (SSSR count). The van der Waals surface area contributed by atoms with Crippen molar-refractivity contribution in [1.29, 1.82) is 0 Å². The highest BCUT2D eigenvalue weighted by atomic mass is 16.2. The Morgan fingerprint density at radius 1 is 0.905 bits per heavy atom. The summed E-state index contributed by atoms with van der Waals surface area (Å²) < 4.78 is 0. The van der Waals surface area contributed by atoms with Crippen LogP contribution in [0.5, 0.6) is 0 Å². The van der Waals surface area contributed by atoms with E-state index in [-0.39, 0.29) is 11.9 Å². The van der Waals surface area contributed by atoms with Crippen molar-refractivity contribution >= 4 is 11.6 Å². The molecule has 0 aliphatic carbocycles. The molecule has 0 aromatic heterocycles. The zero-order valence-corrected chi connectivity index (χ0v) is 12.8. The van der Waals surface area contributed by atoms with Gasteiger partial charge in [-0.15, -0.1) is 0 Å². The first-order valence-corrected chi connectivity index (χ1v) is 7.25. The Kier molecular flexibility index (Phi) is 5.12. The maximum Gasteiger partial charge on any atom is 0.246 e. The van der Waals surface area contributed by atoms with E-state index in [0.717, 1.165) is 11.3 Å². The third-order valence-electron chi connectivity index (χ3n) is 3.53. The van der Waals surface area contributed by atoms with Crippen LogP contribution in [0.15, 0.2) is 54.6 Å². The van der Waals surface area contributed by atoms with Gasteiger partial charge in [0.05, 0.1) is 0 Å². The number of carbonyl (C=O) groups excluding carboxylic acids is 1. The van der Waals surface area contributed by atoms with Crippen LogP contribution in [-0.2, 0) is 4.79 Å². The van der Waals surface area contributed by atoms with Crippen LogP contribution in [0.1, 0.15) is 36.9 Å². The summed E-state index contributed by atoms with van der Waals surface area (Å²) in [6.07, 6.45) is 0. The van der Waals surface area contributed by atoms with Gasteiger partial charge in [0.1, 0.15) is 6.04 Å². The fourth-order valence-corrected chi connectivity index (χ4v) is 2.26.